The smallest absolute Gasteiger partial charge is 0.255 e. The Morgan fingerprint density at radius 3 is 2.20 bits per heavy atom. The first-order valence-corrected chi connectivity index (χ1v) is 9.74. The normalized spacial score (nSPS) is 10.4. The molecule has 0 bridgehead atoms. The first-order valence-electron chi connectivity index (χ1n) is 9.74. The Bertz CT molecular complexity index is 1020. The van der Waals surface area contributed by atoms with E-state index in [0.717, 1.165) is 11.1 Å². The van der Waals surface area contributed by atoms with E-state index in [9.17, 15) is 19.8 Å². The molecule has 0 saturated carbocycles. The summed E-state index contributed by atoms with van der Waals surface area (Å²) < 4.78 is 0. The van der Waals surface area contributed by atoms with Crippen molar-refractivity contribution in [3.05, 3.63) is 95.1 Å². The van der Waals surface area contributed by atoms with E-state index >= 15 is 0 Å². The largest absolute Gasteiger partial charge is 0.508 e. The zero-order valence-electron chi connectivity index (χ0n) is 16.5. The van der Waals surface area contributed by atoms with Crippen LogP contribution in [0.4, 0.5) is 0 Å². The molecule has 3 rings (SSSR count). The van der Waals surface area contributed by atoms with Crippen molar-refractivity contribution in [2.75, 3.05) is 13.1 Å². The lowest BCUT2D eigenvalue weighted by Gasteiger charge is -2.10. The molecular weight excluding hydrogens is 380 g/mol. The summed E-state index contributed by atoms with van der Waals surface area (Å²) in [4.78, 5) is 24.4. The van der Waals surface area contributed by atoms with Crippen LogP contribution in [0.15, 0.2) is 72.8 Å². The topological polar surface area (TPSA) is 98.7 Å². The standard InChI is InChI=1S/C24H24N2O4/c27-20-9-4-8-19(16-20)23(29)25-12-5-13-26-24(30)21-15-18(10-11-22(21)28)14-17-6-2-1-3-7-17/h1-4,6-11,15-16,27-28H,5,12-14H2,(H,25,29)(H,26,30). The van der Waals surface area contributed by atoms with Crippen molar-refractivity contribution in [1.82, 2.24) is 10.6 Å². The van der Waals surface area contributed by atoms with E-state index in [1.165, 1.54) is 18.2 Å². The fourth-order valence-corrected chi connectivity index (χ4v) is 3.04. The number of benzene rings is 3. The molecule has 30 heavy (non-hydrogen) atoms. The molecule has 0 unspecified atom stereocenters. The predicted octanol–water partition coefficient (Wildman–Crippen LogP) is 3.24. The maximum absolute atomic E-state index is 12.4. The number of phenolic OH excluding ortho intramolecular Hbond substituents is 2. The molecule has 2 amide bonds. The highest BCUT2D eigenvalue weighted by molar-refractivity contribution is 5.97. The molecule has 6 nitrogen and oxygen atoms in total. The highest BCUT2D eigenvalue weighted by Crippen LogP contribution is 2.20. The van der Waals surface area contributed by atoms with Crippen molar-refractivity contribution in [3.63, 3.8) is 0 Å². The van der Waals surface area contributed by atoms with Gasteiger partial charge < -0.3 is 20.8 Å². The number of hydrogen-bond acceptors (Lipinski definition) is 4. The average molecular weight is 404 g/mol. The Balaban J connectivity index is 1.47. The molecule has 0 radical (unpaired) electrons. The van der Waals surface area contributed by atoms with Crippen LogP contribution in [-0.2, 0) is 6.42 Å². The van der Waals surface area contributed by atoms with Crippen molar-refractivity contribution < 1.29 is 19.8 Å². The number of phenols is 2. The number of nitrogens with one attached hydrogen (secondary N) is 2. The quantitative estimate of drug-likeness (QED) is 0.433. The summed E-state index contributed by atoms with van der Waals surface area (Å²) in [6, 6.07) is 21.0. The second-order valence-electron chi connectivity index (χ2n) is 6.93. The van der Waals surface area contributed by atoms with Crippen LogP contribution in [-0.4, -0.2) is 35.1 Å². The van der Waals surface area contributed by atoms with Gasteiger partial charge in [0.1, 0.15) is 11.5 Å². The van der Waals surface area contributed by atoms with Crippen LogP contribution in [0.25, 0.3) is 0 Å². The molecule has 3 aromatic rings. The molecule has 4 N–H and O–H groups in total. The van der Waals surface area contributed by atoms with Crippen LogP contribution in [0, 0.1) is 0 Å². The minimum Gasteiger partial charge on any atom is -0.508 e. The van der Waals surface area contributed by atoms with E-state index in [1.807, 2.05) is 30.3 Å². The molecule has 0 aliphatic heterocycles. The van der Waals surface area contributed by atoms with Gasteiger partial charge in [-0.15, -0.1) is 0 Å². The van der Waals surface area contributed by atoms with E-state index in [0.29, 0.717) is 31.5 Å². The second kappa shape index (κ2) is 10.1. The first kappa shape index (κ1) is 20.9. The molecule has 6 heteroatoms. The minimum absolute atomic E-state index is 0.0317. The van der Waals surface area contributed by atoms with Gasteiger partial charge in [-0.3, -0.25) is 9.59 Å². The van der Waals surface area contributed by atoms with Gasteiger partial charge in [-0.2, -0.15) is 0 Å². The number of amides is 2. The van der Waals surface area contributed by atoms with Gasteiger partial charge in [0, 0.05) is 18.7 Å². The third-order valence-corrected chi connectivity index (χ3v) is 4.59. The Labute approximate surface area is 175 Å². The van der Waals surface area contributed by atoms with Gasteiger partial charge in [-0.1, -0.05) is 42.5 Å². The Kier molecular flexibility index (Phi) is 7.05. The number of carbonyl (C=O) groups is 2. The Morgan fingerprint density at radius 1 is 0.733 bits per heavy atom. The summed E-state index contributed by atoms with van der Waals surface area (Å²) in [6.45, 7) is 0.719. The van der Waals surface area contributed by atoms with Gasteiger partial charge in [0.15, 0.2) is 0 Å². The maximum atomic E-state index is 12.4. The number of rotatable bonds is 8. The summed E-state index contributed by atoms with van der Waals surface area (Å²) in [6.07, 6.45) is 1.20. The van der Waals surface area contributed by atoms with Crippen molar-refractivity contribution in [3.8, 4) is 11.5 Å². The molecule has 0 heterocycles. The Hall–Kier alpha value is -3.80. The summed E-state index contributed by atoms with van der Waals surface area (Å²) in [5.41, 5.74) is 2.66. The van der Waals surface area contributed by atoms with Gasteiger partial charge in [-0.25, -0.2) is 0 Å². The zero-order valence-corrected chi connectivity index (χ0v) is 16.5. The van der Waals surface area contributed by atoms with Gasteiger partial charge in [0.2, 0.25) is 0 Å². The number of aromatic hydroxyl groups is 2. The molecule has 0 aromatic heterocycles. The molecule has 0 saturated heterocycles. The SMILES string of the molecule is O=C(NCCCNC(=O)c1cc(Cc2ccccc2)ccc1O)c1cccc(O)c1. The third-order valence-electron chi connectivity index (χ3n) is 4.59. The monoisotopic (exact) mass is 404 g/mol. The van der Waals surface area contributed by atoms with Crippen molar-refractivity contribution >= 4 is 11.8 Å². The van der Waals surface area contributed by atoms with Crippen molar-refractivity contribution in [2.24, 2.45) is 0 Å². The van der Waals surface area contributed by atoms with Crippen LogP contribution in [0.5, 0.6) is 11.5 Å². The highest BCUT2D eigenvalue weighted by atomic mass is 16.3. The van der Waals surface area contributed by atoms with E-state index in [4.69, 9.17) is 0 Å². The Morgan fingerprint density at radius 2 is 1.47 bits per heavy atom. The highest BCUT2D eigenvalue weighted by Gasteiger charge is 2.12. The average Bonchev–Trinajstić information content (AvgIpc) is 2.75. The molecule has 0 aliphatic carbocycles. The molecule has 0 fully saturated rings. The fourth-order valence-electron chi connectivity index (χ4n) is 3.04. The van der Waals surface area contributed by atoms with Crippen LogP contribution in [0.3, 0.4) is 0 Å². The summed E-state index contributed by atoms with van der Waals surface area (Å²) in [5.74, 6) is -0.684. The molecular formula is C24H24N2O4. The molecule has 0 aliphatic rings. The molecule has 154 valence electrons. The number of carbonyl (C=O) groups excluding carboxylic acids is 2. The van der Waals surface area contributed by atoms with Crippen molar-refractivity contribution in [1.29, 1.82) is 0 Å². The van der Waals surface area contributed by atoms with Crippen LogP contribution >= 0.6 is 0 Å². The van der Waals surface area contributed by atoms with E-state index in [2.05, 4.69) is 10.6 Å². The lowest BCUT2D eigenvalue weighted by atomic mass is 10.0. The van der Waals surface area contributed by atoms with E-state index in [1.54, 1.807) is 24.3 Å². The van der Waals surface area contributed by atoms with E-state index < -0.39 is 0 Å². The van der Waals surface area contributed by atoms with Gasteiger partial charge in [0.25, 0.3) is 11.8 Å². The van der Waals surface area contributed by atoms with Crippen LogP contribution < -0.4 is 10.6 Å². The van der Waals surface area contributed by atoms with Crippen molar-refractivity contribution in [2.45, 2.75) is 12.8 Å². The summed E-state index contributed by atoms with van der Waals surface area (Å²) in [5, 5.41) is 25.0. The molecule has 3 aromatic carbocycles. The molecule has 0 spiro atoms. The maximum Gasteiger partial charge on any atom is 0.255 e. The molecule has 0 atom stereocenters. The second-order valence-corrected chi connectivity index (χ2v) is 6.93. The van der Waals surface area contributed by atoms with Gasteiger partial charge in [0.05, 0.1) is 5.56 Å². The van der Waals surface area contributed by atoms with Gasteiger partial charge >= 0.3 is 0 Å². The third kappa shape index (κ3) is 5.85. The summed E-state index contributed by atoms with van der Waals surface area (Å²) in [7, 11) is 0. The number of hydrogen-bond donors (Lipinski definition) is 4. The minimum atomic E-state index is -0.360. The van der Waals surface area contributed by atoms with Crippen LogP contribution in [0.1, 0.15) is 38.3 Å². The lowest BCUT2D eigenvalue weighted by Crippen LogP contribution is -2.30. The van der Waals surface area contributed by atoms with Crippen LogP contribution in [0.2, 0.25) is 0 Å². The fraction of sp³-hybridized carbons (Fsp3) is 0.167. The first-order chi connectivity index (χ1) is 14.5. The summed E-state index contributed by atoms with van der Waals surface area (Å²) >= 11 is 0. The zero-order chi connectivity index (χ0) is 21.3. The van der Waals surface area contributed by atoms with E-state index in [-0.39, 0.29) is 28.9 Å². The predicted molar refractivity (Wildman–Crippen MR) is 115 cm³/mol. The van der Waals surface area contributed by atoms with Gasteiger partial charge in [-0.05, 0) is 54.3 Å². The lowest BCUT2D eigenvalue weighted by molar-refractivity contribution is 0.0950.